The molecule has 0 aliphatic rings. The summed E-state index contributed by atoms with van der Waals surface area (Å²) in [7, 11) is 0. The molecule has 4 heteroatoms. The molecule has 0 N–H and O–H groups in total. The molecule has 0 fully saturated rings. The Balaban J connectivity index is 5.25. The second-order valence-corrected chi connectivity index (χ2v) is 12.8. The number of hydrogen-bond donors (Lipinski definition) is 0. The first-order valence-corrected chi connectivity index (χ1v) is 15.0. The van der Waals surface area contributed by atoms with Crippen molar-refractivity contribution in [2.24, 2.45) is 16.7 Å². The normalized spacial score (nSPS) is 17.0. The Kier molecular flexibility index (Phi) is 18.5. The van der Waals surface area contributed by atoms with Crippen LogP contribution in [0.15, 0.2) is 12.2 Å². The molecule has 0 radical (unpaired) electrons. The van der Waals surface area contributed by atoms with Crippen LogP contribution in [0.25, 0.3) is 0 Å². The van der Waals surface area contributed by atoms with Crippen LogP contribution >= 0.6 is 0 Å². The van der Waals surface area contributed by atoms with Crippen molar-refractivity contribution in [3.63, 3.8) is 0 Å². The summed E-state index contributed by atoms with van der Waals surface area (Å²) in [5.74, 6) is 0.348. The molecule has 0 aliphatic carbocycles. The van der Waals surface area contributed by atoms with Crippen LogP contribution in [0.3, 0.4) is 0 Å². The first-order valence-electron chi connectivity index (χ1n) is 15.0. The highest BCUT2D eigenvalue weighted by molar-refractivity contribution is 5.14. The predicted molar refractivity (Wildman–Crippen MR) is 156 cm³/mol. The molecule has 4 nitrogen and oxygen atoms in total. The second kappa shape index (κ2) is 18.8. The zero-order valence-corrected chi connectivity index (χ0v) is 26.2. The van der Waals surface area contributed by atoms with Crippen LogP contribution in [0.5, 0.6) is 0 Å². The van der Waals surface area contributed by atoms with Crippen LogP contribution < -0.4 is 0 Å². The van der Waals surface area contributed by atoms with Gasteiger partial charge >= 0.3 is 0 Å². The van der Waals surface area contributed by atoms with Gasteiger partial charge in [-0.15, -0.1) is 0 Å². The van der Waals surface area contributed by atoms with Crippen molar-refractivity contribution in [1.82, 2.24) is 0 Å². The molecule has 0 spiro atoms. The fourth-order valence-electron chi connectivity index (χ4n) is 4.12. The predicted octanol–water partition coefficient (Wildman–Crippen LogP) is 9.01. The Morgan fingerprint density at radius 3 is 1.61 bits per heavy atom. The van der Waals surface area contributed by atoms with Gasteiger partial charge < -0.3 is 18.9 Å². The Labute approximate surface area is 226 Å². The van der Waals surface area contributed by atoms with Crippen LogP contribution in [-0.2, 0) is 18.9 Å². The van der Waals surface area contributed by atoms with Crippen LogP contribution in [-0.4, -0.2) is 50.8 Å². The summed E-state index contributed by atoms with van der Waals surface area (Å²) in [6.45, 7) is 31.9. The summed E-state index contributed by atoms with van der Waals surface area (Å²) >= 11 is 0. The fraction of sp³-hybridized carbons (Fsp3) is 0.938. The lowest BCUT2D eigenvalue weighted by atomic mass is 9.72. The zero-order valence-electron chi connectivity index (χ0n) is 26.2. The third-order valence-electron chi connectivity index (χ3n) is 7.28. The third-order valence-corrected chi connectivity index (χ3v) is 7.28. The largest absolute Gasteiger partial charge is 0.379 e. The van der Waals surface area contributed by atoms with Crippen molar-refractivity contribution in [3.8, 4) is 0 Å². The van der Waals surface area contributed by atoms with Crippen LogP contribution in [0.2, 0.25) is 0 Å². The number of hydrogen-bond acceptors (Lipinski definition) is 4. The minimum absolute atomic E-state index is 0.000212. The number of unbranched alkanes of at least 4 members (excludes halogenated alkanes) is 1. The molecular weight excluding hydrogens is 448 g/mol. The Hall–Kier alpha value is -0.420. The van der Waals surface area contributed by atoms with Crippen molar-refractivity contribution in [3.05, 3.63) is 12.2 Å². The molecule has 5 unspecified atom stereocenters. The van der Waals surface area contributed by atoms with E-state index < -0.39 is 0 Å². The van der Waals surface area contributed by atoms with Crippen LogP contribution in [0.1, 0.15) is 128 Å². The Bertz CT molecular complexity index is 545. The third kappa shape index (κ3) is 15.1. The first kappa shape index (κ1) is 35.6. The molecule has 216 valence electrons. The quantitative estimate of drug-likeness (QED) is 0.114. The van der Waals surface area contributed by atoms with E-state index in [9.17, 15) is 0 Å². The molecule has 0 bridgehead atoms. The average Bonchev–Trinajstić information content (AvgIpc) is 2.79. The lowest BCUT2D eigenvalue weighted by Crippen LogP contribution is -2.40. The standard InChI is InChI=1S/C32H64O4/c1-13-17-21-33-22-27(18-14-2)34-23-28(19-15-3)35-24-29(20-16-4)36-30(25(5)31(7,8)9)26(6)32(10,11)12/h26-30H,5,13-24H2,1-4,6-12H3. The molecule has 5 atom stereocenters. The lowest BCUT2D eigenvalue weighted by molar-refractivity contribution is -0.118. The monoisotopic (exact) mass is 512 g/mol. The van der Waals surface area contributed by atoms with Crippen LogP contribution in [0.4, 0.5) is 0 Å². The topological polar surface area (TPSA) is 36.9 Å². The highest BCUT2D eigenvalue weighted by Crippen LogP contribution is 2.39. The van der Waals surface area contributed by atoms with E-state index in [1.165, 1.54) is 5.57 Å². The van der Waals surface area contributed by atoms with Gasteiger partial charge in [0.2, 0.25) is 0 Å². The average molecular weight is 513 g/mol. The van der Waals surface area contributed by atoms with E-state index in [2.05, 4.69) is 82.7 Å². The highest BCUT2D eigenvalue weighted by atomic mass is 16.6. The van der Waals surface area contributed by atoms with Gasteiger partial charge in [-0.05, 0) is 48.0 Å². The van der Waals surface area contributed by atoms with Gasteiger partial charge in [0.05, 0.1) is 44.2 Å². The molecule has 0 aromatic carbocycles. The molecule has 0 saturated carbocycles. The van der Waals surface area contributed by atoms with Gasteiger partial charge in [0, 0.05) is 6.61 Å². The van der Waals surface area contributed by atoms with Crippen molar-refractivity contribution in [2.75, 3.05) is 26.4 Å². The van der Waals surface area contributed by atoms with Crippen molar-refractivity contribution >= 4 is 0 Å². The summed E-state index contributed by atoms with van der Waals surface area (Å²) in [4.78, 5) is 0. The van der Waals surface area contributed by atoms with Crippen molar-refractivity contribution in [1.29, 1.82) is 0 Å². The molecule has 0 aliphatic heterocycles. The second-order valence-electron chi connectivity index (χ2n) is 12.8. The fourth-order valence-corrected chi connectivity index (χ4v) is 4.12. The maximum Gasteiger partial charge on any atom is 0.0822 e. The van der Waals surface area contributed by atoms with E-state index in [1.54, 1.807) is 0 Å². The summed E-state index contributed by atoms with van der Waals surface area (Å²) in [6, 6.07) is 0. The summed E-state index contributed by atoms with van der Waals surface area (Å²) in [6.07, 6.45) is 8.76. The van der Waals surface area contributed by atoms with E-state index in [4.69, 9.17) is 18.9 Å². The van der Waals surface area contributed by atoms with E-state index in [0.29, 0.717) is 25.7 Å². The molecule has 0 saturated heterocycles. The molecule has 0 aromatic rings. The van der Waals surface area contributed by atoms with Crippen LogP contribution in [0, 0.1) is 16.7 Å². The maximum atomic E-state index is 6.85. The summed E-state index contributed by atoms with van der Waals surface area (Å²) in [5.41, 5.74) is 1.29. The smallest absolute Gasteiger partial charge is 0.0822 e. The van der Waals surface area contributed by atoms with Crippen molar-refractivity contribution in [2.45, 2.75) is 152 Å². The highest BCUT2D eigenvalue weighted by Gasteiger charge is 2.36. The van der Waals surface area contributed by atoms with Gasteiger partial charge in [-0.1, -0.05) is 108 Å². The zero-order chi connectivity index (χ0) is 27.8. The van der Waals surface area contributed by atoms with E-state index >= 15 is 0 Å². The maximum absolute atomic E-state index is 6.85. The molecule has 0 amide bonds. The van der Waals surface area contributed by atoms with Gasteiger partial charge in [0.15, 0.2) is 0 Å². The minimum Gasteiger partial charge on any atom is -0.379 e. The Morgan fingerprint density at radius 2 is 1.17 bits per heavy atom. The van der Waals surface area contributed by atoms with Gasteiger partial charge in [0.25, 0.3) is 0 Å². The van der Waals surface area contributed by atoms with E-state index in [1.807, 2.05) is 0 Å². The SMILES string of the molecule is C=C(C(OC(CCC)COC(CCC)COC(CCC)COCCCC)C(C)C(C)(C)C)C(C)(C)C. The van der Waals surface area contributed by atoms with E-state index in [-0.39, 0.29) is 35.2 Å². The van der Waals surface area contributed by atoms with Gasteiger partial charge in [-0.3, -0.25) is 0 Å². The number of ether oxygens (including phenoxy) is 4. The first-order chi connectivity index (χ1) is 16.8. The van der Waals surface area contributed by atoms with E-state index in [0.717, 1.165) is 58.0 Å². The lowest BCUT2D eigenvalue weighted by Gasteiger charge is -2.41. The minimum atomic E-state index is -0.00608. The molecule has 0 rings (SSSR count). The molecule has 36 heavy (non-hydrogen) atoms. The summed E-state index contributed by atoms with van der Waals surface area (Å²) in [5, 5.41) is 0. The van der Waals surface area contributed by atoms with Gasteiger partial charge in [-0.25, -0.2) is 0 Å². The van der Waals surface area contributed by atoms with Gasteiger partial charge in [-0.2, -0.15) is 0 Å². The molecule has 0 heterocycles. The Morgan fingerprint density at radius 1 is 0.694 bits per heavy atom. The summed E-state index contributed by atoms with van der Waals surface area (Å²) < 4.78 is 25.5. The van der Waals surface area contributed by atoms with Crippen molar-refractivity contribution < 1.29 is 18.9 Å². The molecular formula is C32H64O4. The molecule has 0 aromatic heterocycles. The number of rotatable bonds is 21. The van der Waals surface area contributed by atoms with Gasteiger partial charge in [0.1, 0.15) is 0 Å².